The van der Waals surface area contributed by atoms with E-state index in [9.17, 15) is 5.26 Å². The van der Waals surface area contributed by atoms with Crippen LogP contribution in [0.25, 0.3) is 0 Å². The average molecular weight is 197 g/mol. The van der Waals surface area contributed by atoms with Crippen LogP contribution in [0.2, 0.25) is 0 Å². The van der Waals surface area contributed by atoms with Crippen molar-refractivity contribution in [2.24, 2.45) is 10.8 Å². The molecule has 0 aromatic heterocycles. The van der Waals surface area contributed by atoms with Crippen molar-refractivity contribution in [3.05, 3.63) is 0 Å². The van der Waals surface area contributed by atoms with Crippen molar-refractivity contribution in [2.45, 2.75) is 53.4 Å². The zero-order chi connectivity index (χ0) is 11.2. The molecule has 0 fully saturated rings. The van der Waals surface area contributed by atoms with Gasteiger partial charge in [-0.15, -0.1) is 0 Å². The summed E-state index contributed by atoms with van der Waals surface area (Å²) >= 11 is 0. The van der Waals surface area contributed by atoms with Crippen molar-refractivity contribution in [1.82, 2.24) is 0 Å². The summed E-state index contributed by atoms with van der Waals surface area (Å²) in [5, 5.41) is 18.1. The number of rotatable bonds is 6. The van der Waals surface area contributed by atoms with Crippen LogP contribution in [0.1, 0.15) is 53.4 Å². The van der Waals surface area contributed by atoms with Gasteiger partial charge in [-0.05, 0) is 31.6 Å². The fraction of sp³-hybridized carbons (Fsp3) is 0.917. The molecule has 0 saturated carbocycles. The van der Waals surface area contributed by atoms with E-state index in [1.54, 1.807) is 0 Å². The fourth-order valence-corrected chi connectivity index (χ4v) is 1.88. The first-order valence-electron chi connectivity index (χ1n) is 5.45. The summed E-state index contributed by atoms with van der Waals surface area (Å²) in [6, 6.07) is 2.43. The van der Waals surface area contributed by atoms with Gasteiger partial charge >= 0.3 is 0 Å². The van der Waals surface area contributed by atoms with Gasteiger partial charge in [-0.25, -0.2) is 0 Å². The van der Waals surface area contributed by atoms with E-state index in [4.69, 9.17) is 5.11 Å². The molecule has 0 rings (SSSR count). The Kier molecular flexibility index (Phi) is 5.15. The number of nitrogens with zero attached hydrogens (tertiary/aromatic N) is 1. The molecule has 0 aliphatic rings. The normalized spacial score (nSPS) is 16.0. The van der Waals surface area contributed by atoms with Gasteiger partial charge in [0.15, 0.2) is 0 Å². The highest BCUT2D eigenvalue weighted by molar-refractivity contribution is 5.04. The van der Waals surface area contributed by atoms with Gasteiger partial charge in [-0.2, -0.15) is 5.26 Å². The highest BCUT2D eigenvalue weighted by Gasteiger charge is 2.39. The van der Waals surface area contributed by atoms with E-state index in [-0.39, 0.29) is 17.4 Å². The SMILES string of the molecule is CCCC(C)(C)C(C)(C#N)CCCO. The number of hydrogen-bond donors (Lipinski definition) is 1. The highest BCUT2D eigenvalue weighted by Crippen LogP contribution is 2.45. The van der Waals surface area contributed by atoms with E-state index < -0.39 is 0 Å². The zero-order valence-electron chi connectivity index (χ0n) is 9.93. The van der Waals surface area contributed by atoms with Crippen LogP contribution in [-0.4, -0.2) is 11.7 Å². The van der Waals surface area contributed by atoms with Gasteiger partial charge in [0.05, 0.1) is 11.5 Å². The Morgan fingerprint density at radius 3 is 2.14 bits per heavy atom. The zero-order valence-corrected chi connectivity index (χ0v) is 9.93. The molecule has 0 aliphatic heterocycles. The van der Waals surface area contributed by atoms with Gasteiger partial charge < -0.3 is 5.11 Å². The second-order valence-corrected chi connectivity index (χ2v) is 4.90. The predicted molar refractivity (Wildman–Crippen MR) is 58.7 cm³/mol. The molecule has 1 atom stereocenters. The molecule has 0 saturated heterocycles. The van der Waals surface area contributed by atoms with Gasteiger partial charge in [0.2, 0.25) is 0 Å². The number of hydrogen-bond acceptors (Lipinski definition) is 2. The molecule has 1 N–H and O–H groups in total. The van der Waals surface area contributed by atoms with E-state index in [1.165, 1.54) is 0 Å². The molecule has 0 heterocycles. The Bertz CT molecular complexity index is 205. The molecule has 14 heavy (non-hydrogen) atoms. The van der Waals surface area contributed by atoms with E-state index >= 15 is 0 Å². The third-order valence-electron chi connectivity index (χ3n) is 3.45. The van der Waals surface area contributed by atoms with Crippen LogP contribution in [0.15, 0.2) is 0 Å². The maximum atomic E-state index is 9.24. The van der Waals surface area contributed by atoms with Crippen LogP contribution in [0.3, 0.4) is 0 Å². The smallest absolute Gasteiger partial charge is 0.0692 e. The third-order valence-corrected chi connectivity index (χ3v) is 3.45. The fourth-order valence-electron chi connectivity index (χ4n) is 1.88. The summed E-state index contributed by atoms with van der Waals surface area (Å²) < 4.78 is 0. The van der Waals surface area contributed by atoms with Crippen LogP contribution in [0.5, 0.6) is 0 Å². The van der Waals surface area contributed by atoms with Crippen LogP contribution in [0.4, 0.5) is 0 Å². The molecule has 2 heteroatoms. The molecule has 0 radical (unpaired) electrons. The Balaban J connectivity index is 4.58. The van der Waals surface area contributed by atoms with Gasteiger partial charge in [0.25, 0.3) is 0 Å². The highest BCUT2D eigenvalue weighted by atomic mass is 16.2. The summed E-state index contributed by atoms with van der Waals surface area (Å²) in [6.07, 6.45) is 3.66. The molecule has 0 aromatic rings. The van der Waals surface area contributed by atoms with Crippen molar-refractivity contribution in [3.63, 3.8) is 0 Å². The van der Waals surface area contributed by atoms with E-state index in [0.29, 0.717) is 0 Å². The molecular formula is C12H23NO. The molecule has 0 amide bonds. The maximum absolute atomic E-state index is 9.24. The second kappa shape index (κ2) is 5.36. The first-order chi connectivity index (χ1) is 6.43. The summed E-state index contributed by atoms with van der Waals surface area (Å²) in [4.78, 5) is 0. The Morgan fingerprint density at radius 2 is 1.79 bits per heavy atom. The van der Waals surface area contributed by atoms with Crippen molar-refractivity contribution in [2.75, 3.05) is 6.61 Å². The first-order valence-corrected chi connectivity index (χ1v) is 5.45. The summed E-state index contributed by atoms with van der Waals surface area (Å²) in [7, 11) is 0. The minimum Gasteiger partial charge on any atom is -0.396 e. The Morgan fingerprint density at radius 1 is 1.21 bits per heavy atom. The Labute approximate surface area is 87.9 Å². The van der Waals surface area contributed by atoms with Crippen LogP contribution in [-0.2, 0) is 0 Å². The van der Waals surface area contributed by atoms with Crippen molar-refractivity contribution < 1.29 is 5.11 Å². The maximum Gasteiger partial charge on any atom is 0.0692 e. The lowest BCUT2D eigenvalue weighted by atomic mass is 9.63. The number of aliphatic hydroxyl groups is 1. The molecule has 0 aliphatic carbocycles. The summed E-state index contributed by atoms with van der Waals surface area (Å²) in [6.45, 7) is 8.64. The number of aliphatic hydroxyl groups excluding tert-OH is 1. The van der Waals surface area contributed by atoms with Crippen molar-refractivity contribution in [1.29, 1.82) is 5.26 Å². The first kappa shape index (κ1) is 13.4. The van der Waals surface area contributed by atoms with Gasteiger partial charge in [-0.1, -0.05) is 27.2 Å². The van der Waals surface area contributed by atoms with Crippen LogP contribution >= 0.6 is 0 Å². The lowest BCUT2D eigenvalue weighted by Crippen LogP contribution is -2.34. The Hall–Kier alpha value is -0.550. The van der Waals surface area contributed by atoms with Crippen molar-refractivity contribution >= 4 is 0 Å². The van der Waals surface area contributed by atoms with E-state index in [0.717, 1.165) is 25.7 Å². The van der Waals surface area contributed by atoms with Crippen molar-refractivity contribution in [3.8, 4) is 6.07 Å². The molecular weight excluding hydrogens is 174 g/mol. The second-order valence-electron chi connectivity index (χ2n) is 4.90. The molecule has 82 valence electrons. The minimum atomic E-state index is -0.314. The lowest BCUT2D eigenvalue weighted by Gasteiger charge is -2.39. The quantitative estimate of drug-likeness (QED) is 0.711. The molecule has 0 aromatic carbocycles. The number of nitriles is 1. The monoisotopic (exact) mass is 197 g/mol. The molecule has 1 unspecified atom stereocenters. The minimum absolute atomic E-state index is 0.0334. The van der Waals surface area contributed by atoms with E-state index in [2.05, 4.69) is 26.8 Å². The third kappa shape index (κ3) is 2.99. The van der Waals surface area contributed by atoms with Crippen LogP contribution in [0, 0.1) is 22.2 Å². The van der Waals surface area contributed by atoms with E-state index in [1.807, 2.05) is 6.92 Å². The van der Waals surface area contributed by atoms with Crippen LogP contribution < -0.4 is 0 Å². The molecule has 2 nitrogen and oxygen atoms in total. The molecule has 0 bridgehead atoms. The summed E-state index contributed by atoms with van der Waals surface area (Å²) in [5.41, 5.74) is -0.280. The van der Waals surface area contributed by atoms with Gasteiger partial charge in [0, 0.05) is 6.61 Å². The lowest BCUT2D eigenvalue weighted by molar-refractivity contribution is 0.115. The topological polar surface area (TPSA) is 44.0 Å². The summed E-state index contributed by atoms with van der Waals surface area (Å²) in [5.74, 6) is 0. The largest absolute Gasteiger partial charge is 0.396 e. The average Bonchev–Trinajstić information content (AvgIpc) is 2.13. The standard InChI is InChI=1S/C12H23NO/c1-5-7-11(2,3)12(4,10-13)8-6-9-14/h14H,5-9H2,1-4H3. The van der Waals surface area contributed by atoms with Gasteiger partial charge in [0.1, 0.15) is 0 Å². The molecule has 0 spiro atoms. The predicted octanol–water partition coefficient (Wildman–Crippen LogP) is 3.12. The van der Waals surface area contributed by atoms with Gasteiger partial charge in [-0.3, -0.25) is 0 Å².